The summed E-state index contributed by atoms with van der Waals surface area (Å²) in [6.07, 6.45) is 3.89. The van der Waals surface area contributed by atoms with Gasteiger partial charge in [-0.25, -0.2) is 4.57 Å². The van der Waals surface area contributed by atoms with E-state index < -0.39 is 0 Å². The summed E-state index contributed by atoms with van der Waals surface area (Å²) < 4.78 is 6.20. The maximum Gasteiger partial charge on any atom is 0.296 e. The van der Waals surface area contributed by atoms with Crippen molar-refractivity contribution in [3.05, 3.63) is 78.6 Å². The summed E-state index contributed by atoms with van der Waals surface area (Å²) in [5.74, 6) is 1.26. The van der Waals surface area contributed by atoms with E-state index in [9.17, 15) is 0 Å². The Kier molecular flexibility index (Phi) is 2.54. The fraction of sp³-hybridized carbons (Fsp3) is 0.0476. The largest absolute Gasteiger partial charge is 0.296 e. The number of benzene rings is 2. The van der Waals surface area contributed by atoms with E-state index in [1.54, 1.807) is 0 Å². The summed E-state index contributed by atoms with van der Waals surface area (Å²) in [6.45, 7) is 0.891. The first-order valence-corrected chi connectivity index (χ1v) is 9.18. The molecule has 25 heavy (non-hydrogen) atoms. The number of imidazole rings is 1. The average Bonchev–Trinajstić information content (AvgIpc) is 3.30. The molecule has 0 spiro atoms. The lowest BCUT2D eigenvalue weighted by atomic mass is 10.1. The van der Waals surface area contributed by atoms with Crippen molar-refractivity contribution in [2.45, 2.75) is 6.54 Å². The molecule has 0 saturated carbocycles. The predicted octanol–water partition coefficient (Wildman–Crippen LogP) is 4.56. The topological polar surface area (TPSA) is 21.7 Å². The first-order valence-electron chi connectivity index (χ1n) is 8.36. The lowest BCUT2D eigenvalue weighted by molar-refractivity contribution is -0.643. The monoisotopic (exact) mass is 340 g/mol. The zero-order valence-corrected chi connectivity index (χ0v) is 14.2. The molecule has 3 aromatic heterocycles. The van der Waals surface area contributed by atoms with Gasteiger partial charge in [-0.2, -0.15) is 4.57 Å². The Hall–Kier alpha value is -2.98. The van der Waals surface area contributed by atoms with Gasteiger partial charge in [-0.1, -0.05) is 41.7 Å². The summed E-state index contributed by atoms with van der Waals surface area (Å²) in [7, 11) is 0. The Bertz CT molecular complexity index is 1260. The number of fused-ring (bicyclic) bond motifs is 7. The minimum absolute atomic E-state index is 0.891. The third-order valence-electron chi connectivity index (χ3n) is 4.97. The van der Waals surface area contributed by atoms with Crippen molar-refractivity contribution >= 4 is 31.8 Å². The van der Waals surface area contributed by atoms with Crippen molar-refractivity contribution in [3.63, 3.8) is 0 Å². The lowest BCUT2D eigenvalue weighted by Gasteiger charge is -2.01. The second-order valence-electron chi connectivity index (χ2n) is 6.37. The molecule has 1 aliphatic heterocycles. The van der Waals surface area contributed by atoms with Gasteiger partial charge in [0, 0.05) is 28.0 Å². The Morgan fingerprint density at radius 3 is 2.72 bits per heavy atom. The Balaban J connectivity index is 1.84. The molecule has 4 heterocycles. The van der Waals surface area contributed by atoms with Gasteiger partial charge in [-0.05, 0) is 30.3 Å². The molecule has 0 bridgehead atoms. The normalized spacial score (nSPS) is 12.6. The molecule has 0 amide bonds. The van der Waals surface area contributed by atoms with Crippen LogP contribution in [0.25, 0.3) is 37.5 Å². The molecule has 5 aromatic rings. The molecule has 0 fully saturated rings. The third kappa shape index (κ3) is 1.69. The maximum absolute atomic E-state index is 4.33. The molecule has 0 radical (unpaired) electrons. The predicted molar refractivity (Wildman–Crippen MR) is 101 cm³/mol. The van der Waals surface area contributed by atoms with Crippen LogP contribution in [-0.4, -0.2) is 9.55 Å². The number of aromatic nitrogens is 3. The van der Waals surface area contributed by atoms with E-state index in [0.29, 0.717) is 0 Å². The molecule has 0 atom stereocenters. The highest BCUT2D eigenvalue weighted by Crippen LogP contribution is 2.40. The van der Waals surface area contributed by atoms with Gasteiger partial charge in [-0.3, -0.25) is 4.98 Å². The smallest absolute Gasteiger partial charge is 0.264 e. The van der Waals surface area contributed by atoms with Crippen LogP contribution in [0.15, 0.2) is 73.1 Å². The molecular weight excluding hydrogens is 326 g/mol. The van der Waals surface area contributed by atoms with Crippen molar-refractivity contribution in [2.75, 3.05) is 0 Å². The van der Waals surface area contributed by atoms with Crippen LogP contribution >= 0.6 is 11.3 Å². The van der Waals surface area contributed by atoms with Crippen LogP contribution in [0, 0.1) is 0 Å². The van der Waals surface area contributed by atoms with E-state index >= 15 is 0 Å². The van der Waals surface area contributed by atoms with Crippen molar-refractivity contribution in [1.29, 1.82) is 0 Å². The number of para-hydroxylation sites is 1. The molecule has 3 nitrogen and oxygen atoms in total. The van der Waals surface area contributed by atoms with Gasteiger partial charge in [0.15, 0.2) is 5.52 Å². The molecule has 118 valence electrons. The standard InChI is InChI=1S/C21H14N3S/c1-2-6-15(7-3-1)24-19-17-8-4-5-9-18(17)25-21(19)23-13-14-12-22-11-10-16(14)20(23)24/h1-12H,13H2/q+1. The summed E-state index contributed by atoms with van der Waals surface area (Å²) in [6, 6.07) is 21.5. The summed E-state index contributed by atoms with van der Waals surface area (Å²) in [4.78, 5) is 5.65. The van der Waals surface area contributed by atoms with Crippen LogP contribution in [-0.2, 0) is 6.54 Å². The first-order chi connectivity index (χ1) is 12.4. The van der Waals surface area contributed by atoms with Crippen LogP contribution in [0.5, 0.6) is 0 Å². The maximum atomic E-state index is 4.33. The zero-order chi connectivity index (χ0) is 16.4. The van der Waals surface area contributed by atoms with Gasteiger partial charge in [0.05, 0.1) is 5.56 Å². The van der Waals surface area contributed by atoms with E-state index in [2.05, 4.69) is 74.8 Å². The van der Waals surface area contributed by atoms with Crippen molar-refractivity contribution in [2.24, 2.45) is 0 Å². The molecule has 0 saturated heterocycles. The van der Waals surface area contributed by atoms with E-state index in [4.69, 9.17) is 0 Å². The van der Waals surface area contributed by atoms with E-state index in [1.807, 2.05) is 23.7 Å². The van der Waals surface area contributed by atoms with Gasteiger partial charge < -0.3 is 0 Å². The molecule has 6 rings (SSSR count). The van der Waals surface area contributed by atoms with Gasteiger partial charge in [-0.15, -0.1) is 0 Å². The first kappa shape index (κ1) is 13.3. The van der Waals surface area contributed by atoms with E-state index in [-0.39, 0.29) is 0 Å². The SMILES string of the molecule is c1ccc(-n2c3[n+](c4sc5ccccc5c42)Cc2cnccc2-3)cc1. The summed E-state index contributed by atoms with van der Waals surface area (Å²) in [5.41, 5.74) is 5.09. The molecule has 2 aromatic carbocycles. The highest BCUT2D eigenvalue weighted by molar-refractivity contribution is 7.25. The zero-order valence-electron chi connectivity index (χ0n) is 13.4. The Morgan fingerprint density at radius 1 is 0.960 bits per heavy atom. The van der Waals surface area contributed by atoms with Gasteiger partial charge in [0.25, 0.3) is 5.82 Å². The highest BCUT2D eigenvalue weighted by atomic mass is 32.1. The molecular formula is C21H14N3S+. The highest BCUT2D eigenvalue weighted by Gasteiger charge is 2.36. The molecule has 0 aliphatic carbocycles. The van der Waals surface area contributed by atoms with E-state index in [0.717, 1.165) is 6.54 Å². The number of hydrogen-bond donors (Lipinski definition) is 0. The van der Waals surface area contributed by atoms with Crippen LogP contribution in [0.3, 0.4) is 0 Å². The number of nitrogens with zero attached hydrogens (tertiary/aromatic N) is 3. The molecule has 1 aliphatic rings. The number of pyridine rings is 1. The minimum atomic E-state index is 0.891. The quantitative estimate of drug-likeness (QED) is 0.402. The van der Waals surface area contributed by atoms with Crippen molar-refractivity contribution in [3.8, 4) is 17.1 Å². The molecule has 0 unspecified atom stereocenters. The van der Waals surface area contributed by atoms with Crippen LogP contribution in [0.1, 0.15) is 5.56 Å². The lowest BCUT2D eigenvalue weighted by Crippen LogP contribution is -2.30. The van der Waals surface area contributed by atoms with Crippen LogP contribution in [0.4, 0.5) is 0 Å². The number of thiophene rings is 1. The number of hydrogen-bond acceptors (Lipinski definition) is 2. The molecule has 4 heteroatoms. The Morgan fingerprint density at radius 2 is 1.80 bits per heavy atom. The van der Waals surface area contributed by atoms with E-state index in [1.165, 1.54) is 43.1 Å². The van der Waals surface area contributed by atoms with Crippen LogP contribution in [0.2, 0.25) is 0 Å². The minimum Gasteiger partial charge on any atom is -0.264 e. The number of rotatable bonds is 1. The van der Waals surface area contributed by atoms with Crippen LogP contribution < -0.4 is 4.57 Å². The van der Waals surface area contributed by atoms with Crippen molar-refractivity contribution in [1.82, 2.24) is 9.55 Å². The van der Waals surface area contributed by atoms with Crippen molar-refractivity contribution < 1.29 is 4.57 Å². The average molecular weight is 340 g/mol. The fourth-order valence-electron chi connectivity index (χ4n) is 3.92. The Labute approximate surface area is 148 Å². The van der Waals surface area contributed by atoms with Gasteiger partial charge in [0.2, 0.25) is 4.83 Å². The second-order valence-corrected chi connectivity index (χ2v) is 7.40. The summed E-state index contributed by atoms with van der Waals surface area (Å²) >= 11 is 1.87. The van der Waals surface area contributed by atoms with Gasteiger partial charge >= 0.3 is 0 Å². The van der Waals surface area contributed by atoms with Gasteiger partial charge in [0.1, 0.15) is 12.2 Å². The summed E-state index contributed by atoms with van der Waals surface area (Å²) in [5, 5.41) is 1.32. The third-order valence-corrected chi connectivity index (χ3v) is 6.16. The second kappa shape index (κ2) is 4.77. The molecule has 0 N–H and O–H groups in total. The fourth-order valence-corrected chi connectivity index (χ4v) is 5.11.